The Labute approximate surface area is 314 Å². The van der Waals surface area contributed by atoms with E-state index in [1.807, 2.05) is 121 Å². The number of hydrogen-bond acceptors (Lipinski definition) is 8. The van der Waals surface area contributed by atoms with Crippen LogP contribution in [-0.2, 0) is 35.9 Å². The molecule has 1 unspecified atom stereocenters. The molecule has 1 aliphatic rings. The molecule has 1 aliphatic heterocycles. The number of carbonyl (C=O) groups excluding carboxylic acids is 2. The second-order valence-electron chi connectivity index (χ2n) is 12.9. The zero-order valence-electron chi connectivity index (χ0n) is 29.4. The van der Waals surface area contributed by atoms with Crippen LogP contribution in [-0.4, -0.2) is 54.4 Å². The van der Waals surface area contributed by atoms with Gasteiger partial charge in [-0.2, -0.15) is 0 Å². The molecule has 8 heteroatoms. The Hall–Kier alpha value is -5.90. The van der Waals surface area contributed by atoms with Crippen molar-refractivity contribution in [1.82, 2.24) is 0 Å². The second-order valence-corrected chi connectivity index (χ2v) is 12.9. The molecular formula is C46H40O8. The average molecular weight is 721 g/mol. The number of aliphatic hydroxyl groups excluding tert-OH is 1. The lowest BCUT2D eigenvalue weighted by molar-refractivity contribution is -0.299. The first kappa shape index (κ1) is 36.5. The lowest BCUT2D eigenvalue weighted by atomic mass is 9.80. The summed E-state index contributed by atoms with van der Waals surface area (Å²) in [6.07, 6.45) is -6.52. The van der Waals surface area contributed by atoms with Crippen molar-refractivity contribution in [3.05, 3.63) is 215 Å². The Kier molecular flexibility index (Phi) is 11.7. The van der Waals surface area contributed by atoms with E-state index < -0.39 is 48.2 Å². The lowest BCUT2D eigenvalue weighted by Gasteiger charge is -2.45. The van der Waals surface area contributed by atoms with E-state index >= 15 is 0 Å². The zero-order valence-corrected chi connectivity index (χ0v) is 29.4. The van der Waals surface area contributed by atoms with Gasteiger partial charge in [0, 0.05) is 0 Å². The summed E-state index contributed by atoms with van der Waals surface area (Å²) in [5.41, 5.74) is 2.80. The van der Waals surface area contributed by atoms with Crippen LogP contribution in [0.5, 0.6) is 0 Å². The summed E-state index contributed by atoms with van der Waals surface area (Å²) in [5, 5.41) is 11.7. The van der Waals surface area contributed by atoms with Crippen molar-refractivity contribution in [2.24, 2.45) is 0 Å². The fraction of sp³-hybridized carbons (Fsp3) is 0.174. The Bertz CT molecular complexity index is 1970. The van der Waals surface area contributed by atoms with Gasteiger partial charge in [0.1, 0.15) is 17.8 Å². The van der Waals surface area contributed by atoms with E-state index in [1.165, 1.54) is 0 Å². The summed E-state index contributed by atoms with van der Waals surface area (Å²) in [5.74, 6) is -1.34. The van der Waals surface area contributed by atoms with Crippen LogP contribution in [0.4, 0.5) is 0 Å². The van der Waals surface area contributed by atoms with Crippen LogP contribution in [0.3, 0.4) is 0 Å². The maximum Gasteiger partial charge on any atom is 0.338 e. The van der Waals surface area contributed by atoms with Gasteiger partial charge in [-0.3, -0.25) is 0 Å². The molecule has 0 bridgehead atoms. The van der Waals surface area contributed by atoms with Gasteiger partial charge in [0.15, 0.2) is 18.5 Å². The average Bonchev–Trinajstić information content (AvgIpc) is 3.24. The molecule has 1 N–H and O–H groups in total. The quantitative estimate of drug-likeness (QED) is 0.0956. The molecule has 0 aliphatic carbocycles. The molecule has 0 aromatic heterocycles. The summed E-state index contributed by atoms with van der Waals surface area (Å²) in [6, 6.07) is 55.9. The van der Waals surface area contributed by atoms with Gasteiger partial charge in [-0.15, -0.1) is 0 Å². The highest BCUT2D eigenvalue weighted by molar-refractivity contribution is 5.90. The number of carbonyl (C=O) groups is 2. The van der Waals surface area contributed by atoms with Crippen LogP contribution < -0.4 is 0 Å². The summed E-state index contributed by atoms with van der Waals surface area (Å²) >= 11 is 0. The normalized spacial score (nSPS) is 19.8. The summed E-state index contributed by atoms with van der Waals surface area (Å²) < 4.78 is 32.1. The van der Waals surface area contributed by atoms with Crippen molar-refractivity contribution >= 4 is 11.9 Å². The molecule has 0 saturated carbocycles. The maximum absolute atomic E-state index is 13.8. The van der Waals surface area contributed by atoms with Crippen molar-refractivity contribution in [1.29, 1.82) is 0 Å². The Morgan fingerprint density at radius 1 is 0.519 bits per heavy atom. The molecule has 5 atom stereocenters. The minimum Gasteiger partial charge on any atom is -0.453 e. The largest absolute Gasteiger partial charge is 0.453 e. The molecular weight excluding hydrogens is 680 g/mol. The van der Waals surface area contributed by atoms with Crippen molar-refractivity contribution in [3.63, 3.8) is 0 Å². The molecule has 272 valence electrons. The molecule has 0 amide bonds. The van der Waals surface area contributed by atoms with Crippen LogP contribution in [0.25, 0.3) is 0 Å². The Morgan fingerprint density at radius 2 is 0.907 bits per heavy atom. The van der Waals surface area contributed by atoms with Crippen LogP contribution in [0.2, 0.25) is 0 Å². The molecule has 6 aromatic rings. The van der Waals surface area contributed by atoms with Crippen molar-refractivity contribution in [2.75, 3.05) is 6.61 Å². The van der Waals surface area contributed by atoms with Crippen LogP contribution in [0.1, 0.15) is 43.0 Å². The predicted octanol–water partition coefficient (Wildman–Crippen LogP) is 7.75. The Morgan fingerprint density at radius 3 is 1.35 bits per heavy atom. The van der Waals surface area contributed by atoms with E-state index in [9.17, 15) is 14.7 Å². The predicted molar refractivity (Wildman–Crippen MR) is 202 cm³/mol. The summed E-state index contributed by atoms with van der Waals surface area (Å²) in [7, 11) is 0. The van der Waals surface area contributed by atoms with Gasteiger partial charge in [-0.25, -0.2) is 9.59 Å². The molecule has 8 nitrogen and oxygen atoms in total. The summed E-state index contributed by atoms with van der Waals surface area (Å²) in [4.78, 5) is 27.3. The zero-order chi connectivity index (χ0) is 37.2. The standard InChI is InChI=1S/C46H40O8/c47-43(34-21-9-2-10-22-34)53-40-39(32-51-46(36-25-13-4-14-26-36,37-27-15-5-16-28-37)38-29-17-6-18-30-38)52-45(49)42(54-44(48)35-23-11-3-12-24-35)41(40)50-31-33-19-7-1-8-20-33/h1-30,39-42,45,49H,31-32H2/t39-,40-,41+,42-,45?/m1/s1. The van der Waals surface area contributed by atoms with Gasteiger partial charge < -0.3 is 28.8 Å². The lowest BCUT2D eigenvalue weighted by Crippen LogP contribution is -2.62. The topological polar surface area (TPSA) is 101 Å². The third kappa shape index (κ3) is 8.17. The van der Waals surface area contributed by atoms with E-state index in [0.717, 1.165) is 22.3 Å². The highest BCUT2D eigenvalue weighted by atomic mass is 16.7. The molecule has 0 radical (unpaired) electrons. The van der Waals surface area contributed by atoms with Gasteiger partial charge in [0.25, 0.3) is 0 Å². The molecule has 0 spiro atoms. The minimum absolute atomic E-state index is 0.0621. The summed E-state index contributed by atoms with van der Waals surface area (Å²) in [6.45, 7) is -0.112. The van der Waals surface area contributed by atoms with Gasteiger partial charge in [-0.1, -0.05) is 158 Å². The SMILES string of the molecule is O=C(O[C@H]1[C@H](OCc2ccccc2)[C@@H](OC(=O)c2ccccc2)C(O)O[C@@H]1COC(c1ccccc1)(c1ccccc1)c1ccccc1)c1ccccc1. The number of hydrogen-bond donors (Lipinski definition) is 1. The van der Waals surface area contributed by atoms with Crippen molar-refractivity contribution in [2.45, 2.75) is 42.9 Å². The van der Waals surface area contributed by atoms with E-state index in [-0.39, 0.29) is 18.8 Å². The third-order valence-electron chi connectivity index (χ3n) is 9.40. The first-order valence-corrected chi connectivity index (χ1v) is 17.8. The van der Waals surface area contributed by atoms with Gasteiger partial charge >= 0.3 is 11.9 Å². The Balaban J connectivity index is 1.29. The number of aliphatic hydroxyl groups is 1. The molecule has 54 heavy (non-hydrogen) atoms. The molecule has 1 fully saturated rings. The number of benzene rings is 6. The molecule has 1 heterocycles. The van der Waals surface area contributed by atoms with E-state index in [1.54, 1.807) is 60.7 Å². The van der Waals surface area contributed by atoms with Crippen LogP contribution >= 0.6 is 0 Å². The third-order valence-corrected chi connectivity index (χ3v) is 9.40. The molecule has 6 aromatic carbocycles. The first-order chi connectivity index (χ1) is 26.5. The molecule has 1 saturated heterocycles. The number of rotatable bonds is 13. The fourth-order valence-corrected chi connectivity index (χ4v) is 6.76. The second kappa shape index (κ2) is 17.3. The van der Waals surface area contributed by atoms with Crippen molar-refractivity contribution in [3.8, 4) is 0 Å². The van der Waals surface area contributed by atoms with Crippen LogP contribution in [0.15, 0.2) is 182 Å². The minimum atomic E-state index is -1.67. The van der Waals surface area contributed by atoms with E-state index in [4.69, 9.17) is 23.7 Å². The number of esters is 2. The highest BCUT2D eigenvalue weighted by Crippen LogP contribution is 2.41. The van der Waals surface area contributed by atoms with Gasteiger partial charge in [0.05, 0.1) is 24.3 Å². The van der Waals surface area contributed by atoms with Gasteiger partial charge in [0.2, 0.25) is 0 Å². The van der Waals surface area contributed by atoms with Gasteiger partial charge in [-0.05, 0) is 46.5 Å². The highest BCUT2D eigenvalue weighted by Gasteiger charge is 2.52. The number of ether oxygens (including phenoxy) is 5. The van der Waals surface area contributed by atoms with Crippen LogP contribution in [0, 0.1) is 0 Å². The van der Waals surface area contributed by atoms with Crippen molar-refractivity contribution < 1.29 is 38.4 Å². The maximum atomic E-state index is 13.8. The van der Waals surface area contributed by atoms with E-state index in [0.29, 0.717) is 5.56 Å². The first-order valence-electron chi connectivity index (χ1n) is 17.8. The van der Waals surface area contributed by atoms with E-state index in [2.05, 4.69) is 0 Å². The molecule has 7 rings (SSSR count). The monoisotopic (exact) mass is 720 g/mol. The smallest absolute Gasteiger partial charge is 0.338 e. The fourth-order valence-electron chi connectivity index (χ4n) is 6.76.